The number of primary amides is 2. The number of aliphatic imine (C=N–C) groups is 1. The molecule has 1 heterocycles. The average molecular weight is 386 g/mol. The number of hydrogen-bond donors (Lipinski definition) is 4. The van der Waals surface area contributed by atoms with Crippen LogP contribution in [0.4, 0.5) is 5.69 Å². The summed E-state index contributed by atoms with van der Waals surface area (Å²) < 4.78 is 0. The largest absolute Gasteiger partial charge is 0.367 e. The Bertz CT molecular complexity index is 958. The van der Waals surface area contributed by atoms with Gasteiger partial charge in [0.2, 0.25) is 5.91 Å². The quantitative estimate of drug-likeness (QED) is 0.603. The van der Waals surface area contributed by atoms with Crippen LogP contribution in [0.1, 0.15) is 15.9 Å². The maximum absolute atomic E-state index is 12.3. The molecule has 3 amide bonds. The molecule has 0 bridgehead atoms. The van der Waals surface area contributed by atoms with Crippen LogP contribution in [0, 0.1) is 0 Å². The summed E-state index contributed by atoms with van der Waals surface area (Å²) >= 11 is 6.02. The first-order valence-electron chi connectivity index (χ1n) is 7.92. The maximum atomic E-state index is 12.3. The molecule has 0 aliphatic carbocycles. The summed E-state index contributed by atoms with van der Waals surface area (Å²) in [4.78, 5) is 40.1. The second-order valence-electron chi connectivity index (χ2n) is 5.83. The van der Waals surface area contributed by atoms with Crippen molar-refractivity contribution >= 4 is 40.7 Å². The van der Waals surface area contributed by atoms with Gasteiger partial charge in [-0.2, -0.15) is 0 Å². The average Bonchev–Trinajstić information content (AvgIpc) is 3.09. The van der Waals surface area contributed by atoms with Crippen molar-refractivity contribution in [2.24, 2.45) is 16.5 Å². The lowest BCUT2D eigenvalue weighted by Gasteiger charge is -2.27. The van der Waals surface area contributed by atoms with Gasteiger partial charge in [0.25, 0.3) is 11.8 Å². The van der Waals surface area contributed by atoms with E-state index in [1.165, 1.54) is 0 Å². The number of carbonyl (C=O) groups excluding carboxylic acids is 3. The van der Waals surface area contributed by atoms with Crippen molar-refractivity contribution in [2.75, 3.05) is 12.0 Å². The van der Waals surface area contributed by atoms with Gasteiger partial charge in [0.1, 0.15) is 5.71 Å². The van der Waals surface area contributed by atoms with E-state index in [1.807, 2.05) is 0 Å². The molecule has 2 aromatic carbocycles. The van der Waals surface area contributed by atoms with E-state index in [-0.39, 0.29) is 18.3 Å². The van der Waals surface area contributed by atoms with Crippen molar-refractivity contribution < 1.29 is 14.4 Å². The van der Waals surface area contributed by atoms with Gasteiger partial charge in [-0.3, -0.25) is 24.7 Å². The van der Waals surface area contributed by atoms with Crippen LogP contribution in [-0.2, 0) is 15.1 Å². The lowest BCUT2D eigenvalue weighted by atomic mass is 9.84. The van der Waals surface area contributed by atoms with E-state index in [4.69, 9.17) is 23.1 Å². The third-order valence-electron chi connectivity index (χ3n) is 4.23. The minimum absolute atomic E-state index is 0.0339. The summed E-state index contributed by atoms with van der Waals surface area (Å²) in [6.45, 7) is 0.0339. The van der Waals surface area contributed by atoms with Gasteiger partial charge >= 0.3 is 0 Å². The zero-order chi connectivity index (χ0) is 19.6. The monoisotopic (exact) mass is 385 g/mol. The highest BCUT2D eigenvalue weighted by Gasteiger charge is 2.48. The van der Waals surface area contributed by atoms with Crippen LogP contribution in [0.2, 0.25) is 5.02 Å². The molecule has 0 saturated heterocycles. The van der Waals surface area contributed by atoms with E-state index in [0.717, 1.165) is 0 Å². The van der Waals surface area contributed by atoms with Gasteiger partial charge in [-0.15, -0.1) is 0 Å². The van der Waals surface area contributed by atoms with Gasteiger partial charge < -0.3 is 16.8 Å². The molecular weight excluding hydrogens is 370 g/mol. The fourth-order valence-corrected chi connectivity index (χ4v) is 3.16. The maximum Gasteiger partial charge on any atom is 0.265 e. The fraction of sp³-hybridized carbons (Fsp3) is 0.111. The minimum atomic E-state index is -1.60. The van der Waals surface area contributed by atoms with Gasteiger partial charge in [-0.05, 0) is 29.8 Å². The number of carbonyl (C=O) groups is 3. The molecule has 1 atom stereocenters. The number of amides is 3. The van der Waals surface area contributed by atoms with Crippen molar-refractivity contribution in [3.63, 3.8) is 0 Å². The third kappa shape index (κ3) is 3.27. The molecule has 0 fully saturated rings. The van der Waals surface area contributed by atoms with Gasteiger partial charge in [0.15, 0.2) is 5.54 Å². The first kappa shape index (κ1) is 18.6. The summed E-state index contributed by atoms with van der Waals surface area (Å²) in [5.74, 6) is -2.02. The number of hydrogen-bond acceptors (Lipinski definition) is 5. The number of anilines is 1. The standard InChI is InChI=1S/C18H16ClN5O3/c19-13-4-2-1-3-12(13)16(26)24-11-7-5-10(6-8-11)18(17(21)27)14(15(20)25)22-9-23-18/h1-8,23H,9H2,(H2,20,25)(H2,21,27)(H,24,26). The van der Waals surface area contributed by atoms with Crippen LogP contribution in [0.25, 0.3) is 0 Å². The first-order valence-corrected chi connectivity index (χ1v) is 8.30. The molecule has 27 heavy (non-hydrogen) atoms. The van der Waals surface area contributed by atoms with E-state index in [9.17, 15) is 14.4 Å². The van der Waals surface area contributed by atoms with E-state index >= 15 is 0 Å². The Hall–Kier alpha value is -3.23. The predicted octanol–water partition coefficient (Wildman–Crippen LogP) is 0.760. The topological polar surface area (TPSA) is 140 Å². The van der Waals surface area contributed by atoms with Gasteiger partial charge in [-0.25, -0.2) is 0 Å². The Morgan fingerprint density at radius 3 is 2.33 bits per heavy atom. The first-order chi connectivity index (χ1) is 12.9. The number of benzene rings is 2. The SMILES string of the molecule is NC(=O)C1=NCNC1(C(N)=O)c1ccc(NC(=O)c2ccccc2Cl)cc1. The number of rotatable bonds is 5. The highest BCUT2D eigenvalue weighted by molar-refractivity contribution is 6.46. The van der Waals surface area contributed by atoms with Crippen LogP contribution in [0.5, 0.6) is 0 Å². The van der Waals surface area contributed by atoms with Gasteiger partial charge in [0.05, 0.1) is 17.3 Å². The summed E-state index contributed by atoms with van der Waals surface area (Å²) in [6, 6.07) is 12.9. The van der Waals surface area contributed by atoms with Crippen LogP contribution >= 0.6 is 11.6 Å². The molecule has 1 aliphatic heterocycles. The molecule has 8 nitrogen and oxygen atoms in total. The smallest absolute Gasteiger partial charge is 0.265 e. The van der Waals surface area contributed by atoms with Crippen molar-refractivity contribution in [3.05, 3.63) is 64.7 Å². The van der Waals surface area contributed by atoms with Crippen molar-refractivity contribution in [2.45, 2.75) is 5.54 Å². The molecule has 0 aromatic heterocycles. The molecule has 0 radical (unpaired) electrons. The molecule has 1 aliphatic rings. The van der Waals surface area contributed by atoms with Crippen molar-refractivity contribution in [1.29, 1.82) is 0 Å². The summed E-state index contributed by atoms with van der Waals surface area (Å²) in [6.07, 6.45) is 0. The molecule has 9 heteroatoms. The van der Waals surface area contributed by atoms with Crippen LogP contribution in [0.15, 0.2) is 53.5 Å². The Balaban J connectivity index is 1.88. The lowest BCUT2D eigenvalue weighted by molar-refractivity contribution is -0.123. The van der Waals surface area contributed by atoms with E-state index in [2.05, 4.69) is 15.6 Å². The fourth-order valence-electron chi connectivity index (χ4n) is 2.93. The summed E-state index contributed by atoms with van der Waals surface area (Å²) in [5.41, 5.74) is 10.3. The van der Waals surface area contributed by atoms with Crippen molar-refractivity contribution in [1.82, 2.24) is 5.32 Å². The molecule has 138 valence electrons. The van der Waals surface area contributed by atoms with Crippen LogP contribution < -0.4 is 22.1 Å². The lowest BCUT2D eigenvalue weighted by Crippen LogP contribution is -2.57. The number of nitrogens with zero attached hydrogens (tertiary/aromatic N) is 1. The third-order valence-corrected chi connectivity index (χ3v) is 4.56. The molecule has 0 saturated carbocycles. The Morgan fingerprint density at radius 1 is 1.07 bits per heavy atom. The number of nitrogens with one attached hydrogen (secondary N) is 2. The van der Waals surface area contributed by atoms with E-state index in [1.54, 1.807) is 48.5 Å². The molecular formula is C18H16ClN5O3. The van der Waals surface area contributed by atoms with Crippen LogP contribution in [0.3, 0.4) is 0 Å². The molecule has 0 spiro atoms. The Morgan fingerprint density at radius 2 is 1.74 bits per heavy atom. The Labute approximate surface area is 159 Å². The summed E-state index contributed by atoms with van der Waals surface area (Å²) in [5, 5.41) is 5.87. The van der Waals surface area contributed by atoms with Gasteiger partial charge in [-0.1, -0.05) is 35.9 Å². The van der Waals surface area contributed by atoms with Crippen molar-refractivity contribution in [3.8, 4) is 0 Å². The predicted molar refractivity (Wildman–Crippen MR) is 101 cm³/mol. The highest BCUT2D eigenvalue weighted by Crippen LogP contribution is 2.28. The van der Waals surface area contributed by atoms with E-state index < -0.39 is 17.4 Å². The molecule has 2 aromatic rings. The second kappa shape index (κ2) is 7.18. The number of halogens is 1. The Kier molecular flexibility index (Phi) is 4.93. The minimum Gasteiger partial charge on any atom is -0.367 e. The zero-order valence-corrected chi connectivity index (χ0v) is 14.8. The normalized spacial score (nSPS) is 18.6. The number of nitrogens with two attached hydrogens (primary N) is 2. The highest BCUT2D eigenvalue weighted by atomic mass is 35.5. The van der Waals surface area contributed by atoms with Gasteiger partial charge in [0, 0.05) is 5.69 Å². The molecule has 6 N–H and O–H groups in total. The summed E-state index contributed by atoms with van der Waals surface area (Å²) in [7, 11) is 0. The molecule has 1 unspecified atom stereocenters. The van der Waals surface area contributed by atoms with Crippen LogP contribution in [-0.4, -0.2) is 30.1 Å². The zero-order valence-electron chi connectivity index (χ0n) is 14.0. The second-order valence-corrected chi connectivity index (χ2v) is 6.24. The molecule has 3 rings (SSSR count). The van der Waals surface area contributed by atoms with E-state index in [0.29, 0.717) is 21.8 Å².